The van der Waals surface area contributed by atoms with Crippen LogP contribution >= 0.6 is 23.4 Å². The quantitative estimate of drug-likeness (QED) is 0.795. The van der Waals surface area contributed by atoms with Crippen LogP contribution in [0.5, 0.6) is 0 Å². The Labute approximate surface area is 121 Å². The lowest BCUT2D eigenvalue weighted by Gasteiger charge is -2.07. The molecule has 1 aromatic carbocycles. The fraction of sp³-hybridized carbons (Fsp3) is 0.308. The van der Waals surface area contributed by atoms with Crippen LogP contribution in [0.4, 0.5) is 0 Å². The van der Waals surface area contributed by atoms with E-state index in [0.717, 1.165) is 23.5 Å². The van der Waals surface area contributed by atoms with Crippen LogP contribution in [0.2, 0.25) is 5.02 Å². The molecule has 0 fully saturated rings. The number of nitrogens with one attached hydrogen (secondary N) is 1. The molecule has 0 saturated heterocycles. The number of oxazole rings is 1. The van der Waals surface area contributed by atoms with E-state index in [0.29, 0.717) is 16.9 Å². The second-order valence-corrected chi connectivity index (χ2v) is 5.23. The standard InChI is InChI=1S/C13H15ClN2O2S/c1-17-6-4-15-9-10-2-3-12(11(14)8-10)19-13-16-5-7-18-13/h2-3,5,7-8,15H,4,6,9H2,1H3. The van der Waals surface area contributed by atoms with Gasteiger partial charge in [0.2, 0.25) is 0 Å². The zero-order chi connectivity index (χ0) is 13.5. The Hall–Kier alpha value is -1.01. The summed E-state index contributed by atoms with van der Waals surface area (Å²) in [7, 11) is 1.69. The largest absolute Gasteiger partial charge is 0.440 e. The van der Waals surface area contributed by atoms with Crippen molar-refractivity contribution in [2.24, 2.45) is 0 Å². The van der Waals surface area contributed by atoms with Gasteiger partial charge < -0.3 is 14.5 Å². The lowest BCUT2D eigenvalue weighted by molar-refractivity contribution is 0.199. The third kappa shape index (κ3) is 4.54. The minimum Gasteiger partial charge on any atom is -0.440 e. The van der Waals surface area contributed by atoms with E-state index in [9.17, 15) is 0 Å². The molecule has 0 radical (unpaired) electrons. The number of aromatic nitrogens is 1. The van der Waals surface area contributed by atoms with Gasteiger partial charge in [-0.3, -0.25) is 0 Å². The van der Waals surface area contributed by atoms with Crippen molar-refractivity contribution in [3.05, 3.63) is 41.2 Å². The second kappa shape index (κ2) is 7.55. The van der Waals surface area contributed by atoms with Crippen molar-refractivity contribution in [3.63, 3.8) is 0 Å². The molecular weight excluding hydrogens is 284 g/mol. The van der Waals surface area contributed by atoms with E-state index >= 15 is 0 Å². The monoisotopic (exact) mass is 298 g/mol. The topological polar surface area (TPSA) is 47.3 Å². The van der Waals surface area contributed by atoms with Crippen molar-refractivity contribution in [1.82, 2.24) is 10.3 Å². The molecule has 0 spiro atoms. The molecule has 1 heterocycles. The molecule has 1 aromatic heterocycles. The summed E-state index contributed by atoms with van der Waals surface area (Å²) in [6.07, 6.45) is 3.16. The van der Waals surface area contributed by atoms with Gasteiger partial charge in [-0.15, -0.1) is 0 Å². The van der Waals surface area contributed by atoms with Gasteiger partial charge in [0.1, 0.15) is 6.26 Å². The van der Waals surface area contributed by atoms with E-state index < -0.39 is 0 Å². The minimum absolute atomic E-state index is 0.591. The Kier molecular flexibility index (Phi) is 5.72. The molecule has 1 N–H and O–H groups in total. The number of ether oxygens (including phenoxy) is 1. The smallest absolute Gasteiger partial charge is 0.260 e. The van der Waals surface area contributed by atoms with Gasteiger partial charge in [0, 0.05) is 25.1 Å². The summed E-state index contributed by atoms with van der Waals surface area (Å²) in [6.45, 7) is 2.29. The first-order valence-corrected chi connectivity index (χ1v) is 7.04. The molecule has 2 aromatic rings. The molecule has 2 rings (SSSR count). The van der Waals surface area contributed by atoms with Gasteiger partial charge in [-0.25, -0.2) is 4.98 Å². The number of hydrogen-bond donors (Lipinski definition) is 1. The normalized spacial score (nSPS) is 10.8. The van der Waals surface area contributed by atoms with E-state index in [1.807, 2.05) is 18.2 Å². The zero-order valence-corrected chi connectivity index (χ0v) is 12.1. The number of hydrogen-bond acceptors (Lipinski definition) is 5. The third-order valence-corrected chi connectivity index (χ3v) is 3.79. The lowest BCUT2D eigenvalue weighted by atomic mass is 10.2. The molecule has 0 bridgehead atoms. The highest BCUT2D eigenvalue weighted by atomic mass is 35.5. The van der Waals surface area contributed by atoms with Gasteiger partial charge in [0.15, 0.2) is 0 Å². The molecule has 0 aliphatic rings. The highest BCUT2D eigenvalue weighted by Gasteiger charge is 2.06. The Bertz CT molecular complexity index is 505. The molecule has 0 aliphatic carbocycles. The van der Waals surface area contributed by atoms with Gasteiger partial charge in [-0.1, -0.05) is 17.7 Å². The zero-order valence-electron chi connectivity index (χ0n) is 10.6. The summed E-state index contributed by atoms with van der Waals surface area (Å²) < 4.78 is 10.2. The maximum atomic E-state index is 6.24. The fourth-order valence-electron chi connectivity index (χ4n) is 1.50. The molecule has 0 amide bonds. The molecule has 0 aliphatic heterocycles. The summed E-state index contributed by atoms with van der Waals surface area (Å²) in [6, 6.07) is 5.97. The van der Waals surface area contributed by atoms with E-state index in [-0.39, 0.29) is 0 Å². The van der Waals surface area contributed by atoms with Crippen LogP contribution in [0.1, 0.15) is 5.56 Å². The molecule has 0 saturated carbocycles. The predicted octanol–water partition coefficient (Wildman–Crippen LogP) is 3.22. The van der Waals surface area contributed by atoms with Crippen LogP contribution in [-0.2, 0) is 11.3 Å². The summed E-state index contributed by atoms with van der Waals surface area (Å²) in [5.74, 6) is 0. The summed E-state index contributed by atoms with van der Waals surface area (Å²) in [5.41, 5.74) is 1.14. The van der Waals surface area contributed by atoms with Crippen LogP contribution in [0, 0.1) is 0 Å². The van der Waals surface area contributed by atoms with Gasteiger partial charge in [-0.05, 0) is 29.5 Å². The molecular formula is C13H15ClN2O2S. The van der Waals surface area contributed by atoms with Crippen molar-refractivity contribution >= 4 is 23.4 Å². The lowest BCUT2D eigenvalue weighted by Crippen LogP contribution is -2.18. The van der Waals surface area contributed by atoms with E-state index in [1.54, 1.807) is 19.6 Å². The maximum Gasteiger partial charge on any atom is 0.260 e. The van der Waals surface area contributed by atoms with Gasteiger partial charge in [0.25, 0.3) is 5.22 Å². The van der Waals surface area contributed by atoms with Crippen molar-refractivity contribution in [2.75, 3.05) is 20.3 Å². The van der Waals surface area contributed by atoms with Crippen LogP contribution in [0.25, 0.3) is 0 Å². The molecule has 4 nitrogen and oxygen atoms in total. The minimum atomic E-state index is 0.591. The Morgan fingerprint density at radius 1 is 1.47 bits per heavy atom. The van der Waals surface area contributed by atoms with Crippen molar-refractivity contribution in [3.8, 4) is 0 Å². The van der Waals surface area contributed by atoms with Crippen LogP contribution in [0.15, 0.2) is 45.2 Å². The van der Waals surface area contributed by atoms with E-state index in [2.05, 4.69) is 10.3 Å². The average Bonchev–Trinajstić information content (AvgIpc) is 2.91. The van der Waals surface area contributed by atoms with Crippen LogP contribution in [0.3, 0.4) is 0 Å². The summed E-state index contributed by atoms with van der Waals surface area (Å²) in [5, 5.41) is 4.57. The third-order valence-electron chi connectivity index (χ3n) is 2.42. The van der Waals surface area contributed by atoms with Crippen LogP contribution < -0.4 is 5.32 Å². The molecule has 0 unspecified atom stereocenters. The molecule has 0 atom stereocenters. The SMILES string of the molecule is COCCNCc1ccc(Sc2ncco2)c(Cl)c1. The van der Waals surface area contributed by atoms with Crippen molar-refractivity contribution < 1.29 is 9.15 Å². The molecule has 6 heteroatoms. The summed E-state index contributed by atoms with van der Waals surface area (Å²) in [4.78, 5) is 4.99. The molecule has 19 heavy (non-hydrogen) atoms. The Balaban J connectivity index is 1.93. The number of benzene rings is 1. The maximum absolute atomic E-state index is 6.24. The highest BCUT2D eigenvalue weighted by Crippen LogP contribution is 2.32. The number of halogens is 1. The Morgan fingerprint density at radius 2 is 2.37 bits per heavy atom. The number of methoxy groups -OCH3 is 1. The number of rotatable bonds is 7. The first-order chi connectivity index (χ1) is 9.29. The number of nitrogens with zero attached hydrogens (tertiary/aromatic N) is 1. The van der Waals surface area contributed by atoms with Gasteiger partial charge >= 0.3 is 0 Å². The first-order valence-electron chi connectivity index (χ1n) is 5.85. The predicted molar refractivity (Wildman–Crippen MR) is 75.7 cm³/mol. The van der Waals surface area contributed by atoms with Crippen LogP contribution in [-0.4, -0.2) is 25.2 Å². The summed E-state index contributed by atoms with van der Waals surface area (Å²) >= 11 is 7.66. The molecule has 102 valence electrons. The average molecular weight is 299 g/mol. The van der Waals surface area contributed by atoms with Crippen molar-refractivity contribution in [2.45, 2.75) is 16.7 Å². The van der Waals surface area contributed by atoms with Gasteiger partial charge in [0.05, 0.1) is 17.8 Å². The fourth-order valence-corrected chi connectivity index (χ4v) is 2.52. The first kappa shape index (κ1) is 14.4. The van der Waals surface area contributed by atoms with Gasteiger partial charge in [-0.2, -0.15) is 0 Å². The van der Waals surface area contributed by atoms with Crippen molar-refractivity contribution in [1.29, 1.82) is 0 Å². The highest BCUT2D eigenvalue weighted by molar-refractivity contribution is 7.99. The van der Waals surface area contributed by atoms with E-state index in [4.69, 9.17) is 20.8 Å². The van der Waals surface area contributed by atoms with E-state index in [1.165, 1.54) is 11.8 Å². The Morgan fingerprint density at radius 3 is 3.05 bits per heavy atom. The second-order valence-electron chi connectivity index (χ2n) is 3.83.